The molecule has 1 aromatic heterocycles. The maximum atomic E-state index is 12.5. The normalized spacial score (nSPS) is 12.9. The van der Waals surface area contributed by atoms with Crippen molar-refractivity contribution in [3.63, 3.8) is 0 Å². The molecule has 1 N–H and O–H groups in total. The largest absolute Gasteiger partial charge is 0.311 e. The lowest BCUT2D eigenvalue weighted by Gasteiger charge is -2.16. The van der Waals surface area contributed by atoms with Crippen molar-refractivity contribution >= 4 is 45.7 Å². The maximum Gasteiger partial charge on any atom is 0.237 e. The first-order valence-electron chi connectivity index (χ1n) is 8.32. The second-order valence-electron chi connectivity index (χ2n) is 5.74. The number of para-hydroxylation sites is 1. The van der Waals surface area contributed by atoms with Gasteiger partial charge < -0.3 is 10.2 Å². The number of hydrogen-bond acceptors (Lipinski definition) is 6. The molecule has 1 aliphatic heterocycles. The minimum atomic E-state index is -0.0423. The number of hydrogen-bond donors (Lipinski definition) is 1. The molecule has 0 spiro atoms. The van der Waals surface area contributed by atoms with Crippen LogP contribution in [0.1, 0.15) is 31.7 Å². The molecule has 0 unspecified atom stereocenters. The van der Waals surface area contributed by atoms with Crippen molar-refractivity contribution in [2.24, 2.45) is 0 Å². The zero-order valence-electron chi connectivity index (χ0n) is 14.0. The Kier molecular flexibility index (Phi) is 6.04. The molecule has 2 aromatic rings. The van der Waals surface area contributed by atoms with E-state index in [1.54, 1.807) is 0 Å². The van der Waals surface area contributed by atoms with E-state index in [9.17, 15) is 9.59 Å². The Labute approximate surface area is 155 Å². The van der Waals surface area contributed by atoms with Crippen LogP contribution in [0.4, 0.5) is 10.8 Å². The van der Waals surface area contributed by atoms with Gasteiger partial charge in [-0.15, -0.1) is 10.2 Å². The Morgan fingerprint density at radius 2 is 2.16 bits per heavy atom. The van der Waals surface area contributed by atoms with E-state index in [0.29, 0.717) is 21.6 Å². The first-order valence-corrected chi connectivity index (χ1v) is 10.1. The van der Waals surface area contributed by atoms with Crippen LogP contribution in [0.2, 0.25) is 0 Å². The van der Waals surface area contributed by atoms with Crippen molar-refractivity contribution in [2.75, 3.05) is 22.5 Å². The van der Waals surface area contributed by atoms with Crippen molar-refractivity contribution in [1.29, 1.82) is 0 Å². The van der Waals surface area contributed by atoms with E-state index in [4.69, 9.17) is 0 Å². The van der Waals surface area contributed by atoms with Crippen LogP contribution in [0.3, 0.4) is 0 Å². The van der Waals surface area contributed by atoms with Gasteiger partial charge in [-0.3, -0.25) is 9.59 Å². The highest BCUT2D eigenvalue weighted by molar-refractivity contribution is 8.01. The minimum absolute atomic E-state index is 0.0423. The van der Waals surface area contributed by atoms with Gasteiger partial charge in [-0.2, -0.15) is 0 Å². The third kappa shape index (κ3) is 4.58. The van der Waals surface area contributed by atoms with E-state index in [1.807, 2.05) is 30.0 Å². The van der Waals surface area contributed by atoms with Crippen molar-refractivity contribution in [3.05, 3.63) is 29.8 Å². The lowest BCUT2D eigenvalue weighted by atomic mass is 10.2. The molecule has 3 rings (SSSR count). The molecular weight excluding hydrogens is 356 g/mol. The fraction of sp³-hybridized carbons (Fsp3) is 0.412. The van der Waals surface area contributed by atoms with Crippen LogP contribution in [0, 0.1) is 0 Å². The number of carbonyl (C=O) groups excluding carboxylic acids is 2. The van der Waals surface area contributed by atoms with E-state index < -0.39 is 0 Å². The highest BCUT2D eigenvalue weighted by atomic mass is 32.2. The van der Waals surface area contributed by atoms with Crippen molar-refractivity contribution in [1.82, 2.24) is 10.2 Å². The highest BCUT2D eigenvalue weighted by Gasteiger charge is 2.24. The van der Waals surface area contributed by atoms with E-state index in [0.717, 1.165) is 31.5 Å². The number of nitrogens with one attached hydrogen (secondary N) is 1. The quantitative estimate of drug-likeness (QED) is 0.592. The van der Waals surface area contributed by atoms with Crippen LogP contribution in [-0.4, -0.2) is 34.3 Å². The van der Waals surface area contributed by atoms with Crippen molar-refractivity contribution < 1.29 is 9.59 Å². The van der Waals surface area contributed by atoms with Crippen LogP contribution in [-0.2, 0) is 16.0 Å². The summed E-state index contributed by atoms with van der Waals surface area (Å²) in [5.74, 6) is 0.338. The summed E-state index contributed by atoms with van der Waals surface area (Å²) >= 11 is 2.66. The maximum absolute atomic E-state index is 12.5. The Bertz CT molecular complexity index is 763. The Morgan fingerprint density at radius 3 is 3.00 bits per heavy atom. The van der Waals surface area contributed by atoms with Gasteiger partial charge in [0.15, 0.2) is 4.34 Å². The number of benzene rings is 1. The molecule has 8 heteroatoms. The van der Waals surface area contributed by atoms with Crippen LogP contribution >= 0.6 is 23.1 Å². The molecule has 0 bridgehead atoms. The molecule has 132 valence electrons. The second kappa shape index (κ2) is 8.44. The fourth-order valence-electron chi connectivity index (χ4n) is 2.64. The second-order valence-corrected chi connectivity index (χ2v) is 7.94. The summed E-state index contributed by atoms with van der Waals surface area (Å²) in [6, 6.07) is 8.00. The Balaban J connectivity index is 1.51. The fourth-order valence-corrected chi connectivity index (χ4v) is 4.28. The average molecular weight is 377 g/mol. The van der Waals surface area contributed by atoms with Crippen LogP contribution in [0.15, 0.2) is 28.6 Å². The van der Waals surface area contributed by atoms with Gasteiger partial charge in [-0.05, 0) is 24.5 Å². The predicted molar refractivity (Wildman–Crippen MR) is 101 cm³/mol. The molecule has 0 atom stereocenters. The summed E-state index contributed by atoms with van der Waals surface area (Å²) in [6.07, 6.45) is 3.23. The van der Waals surface area contributed by atoms with Gasteiger partial charge in [0.2, 0.25) is 16.9 Å². The summed E-state index contributed by atoms with van der Waals surface area (Å²) < 4.78 is 0.687. The molecule has 25 heavy (non-hydrogen) atoms. The SMILES string of the molecule is CCCCC(=O)Nc1nnc(SCC(=O)N2CCc3ccccc32)s1. The summed E-state index contributed by atoms with van der Waals surface area (Å²) in [5, 5.41) is 11.2. The molecule has 0 saturated heterocycles. The van der Waals surface area contributed by atoms with E-state index in [2.05, 4.69) is 21.6 Å². The van der Waals surface area contributed by atoms with E-state index >= 15 is 0 Å². The molecule has 0 saturated carbocycles. The lowest BCUT2D eigenvalue weighted by molar-refractivity contribution is -0.117. The molecule has 1 aromatic carbocycles. The third-order valence-corrected chi connectivity index (χ3v) is 5.87. The zero-order valence-corrected chi connectivity index (χ0v) is 15.7. The summed E-state index contributed by atoms with van der Waals surface area (Å²) in [5.41, 5.74) is 2.23. The monoisotopic (exact) mass is 376 g/mol. The smallest absolute Gasteiger partial charge is 0.237 e. The van der Waals surface area contributed by atoms with Crippen LogP contribution in [0.25, 0.3) is 0 Å². The van der Waals surface area contributed by atoms with Gasteiger partial charge in [0, 0.05) is 18.7 Å². The number of rotatable bonds is 7. The number of amides is 2. The summed E-state index contributed by atoms with van der Waals surface area (Å²) in [6.45, 7) is 2.77. The van der Waals surface area contributed by atoms with Gasteiger partial charge in [0.1, 0.15) is 0 Å². The number of fused-ring (bicyclic) bond motifs is 1. The molecular formula is C17H20N4O2S2. The zero-order chi connectivity index (χ0) is 17.6. The Morgan fingerprint density at radius 1 is 1.32 bits per heavy atom. The number of anilines is 2. The van der Waals surface area contributed by atoms with Gasteiger partial charge in [0.05, 0.1) is 5.75 Å². The number of carbonyl (C=O) groups is 2. The Hall–Kier alpha value is -1.93. The standard InChI is InChI=1S/C17H20N4O2S2/c1-2-3-8-14(22)18-16-19-20-17(25-16)24-11-15(23)21-10-9-12-6-4-5-7-13(12)21/h4-7H,2-3,8-11H2,1H3,(H,18,19,22). The molecule has 6 nitrogen and oxygen atoms in total. The van der Waals surface area contributed by atoms with E-state index in [1.165, 1.54) is 28.7 Å². The molecule has 2 heterocycles. The van der Waals surface area contributed by atoms with Crippen molar-refractivity contribution in [2.45, 2.75) is 36.9 Å². The van der Waals surface area contributed by atoms with E-state index in [-0.39, 0.29) is 11.8 Å². The number of nitrogens with zero attached hydrogens (tertiary/aromatic N) is 3. The highest BCUT2D eigenvalue weighted by Crippen LogP contribution is 2.30. The number of unbranched alkanes of at least 4 members (excludes halogenated alkanes) is 1. The lowest BCUT2D eigenvalue weighted by Crippen LogP contribution is -2.30. The molecule has 0 radical (unpaired) electrons. The average Bonchev–Trinajstić information content (AvgIpc) is 3.24. The number of aromatic nitrogens is 2. The summed E-state index contributed by atoms with van der Waals surface area (Å²) in [4.78, 5) is 26.0. The molecule has 1 aliphatic rings. The van der Waals surface area contributed by atoms with Gasteiger partial charge in [-0.25, -0.2) is 0 Å². The van der Waals surface area contributed by atoms with Gasteiger partial charge >= 0.3 is 0 Å². The van der Waals surface area contributed by atoms with Crippen LogP contribution in [0.5, 0.6) is 0 Å². The minimum Gasteiger partial charge on any atom is -0.311 e. The molecule has 0 aliphatic carbocycles. The van der Waals surface area contributed by atoms with Crippen molar-refractivity contribution in [3.8, 4) is 0 Å². The predicted octanol–water partition coefficient (Wildman–Crippen LogP) is 3.35. The molecule has 0 fully saturated rings. The van der Waals surface area contributed by atoms with Gasteiger partial charge in [0.25, 0.3) is 0 Å². The first kappa shape index (κ1) is 17.9. The van der Waals surface area contributed by atoms with Gasteiger partial charge in [-0.1, -0.05) is 54.6 Å². The van der Waals surface area contributed by atoms with Crippen LogP contribution < -0.4 is 10.2 Å². The number of thioether (sulfide) groups is 1. The molecule has 2 amide bonds. The first-order chi connectivity index (χ1) is 12.2. The third-order valence-electron chi connectivity index (χ3n) is 3.92. The summed E-state index contributed by atoms with van der Waals surface area (Å²) in [7, 11) is 0. The topological polar surface area (TPSA) is 75.2 Å².